The monoisotopic (exact) mass is 507 g/mol. The number of rotatable bonds is 8. The van der Waals surface area contributed by atoms with Crippen molar-refractivity contribution in [1.29, 1.82) is 5.26 Å². The molecule has 0 radical (unpaired) electrons. The summed E-state index contributed by atoms with van der Waals surface area (Å²) < 4.78 is 11.6. The molecule has 33 heavy (non-hydrogen) atoms. The van der Waals surface area contributed by atoms with Gasteiger partial charge in [0.1, 0.15) is 29.7 Å². The van der Waals surface area contributed by atoms with Crippen molar-refractivity contribution in [3.63, 3.8) is 0 Å². The quantitative estimate of drug-likeness (QED) is 0.186. The first-order valence-corrected chi connectivity index (χ1v) is 10.4. The third-order valence-corrected chi connectivity index (χ3v) is 5.13. The number of amides is 1. The lowest BCUT2D eigenvalue weighted by Crippen LogP contribution is -2.14. The van der Waals surface area contributed by atoms with Gasteiger partial charge in [0.05, 0.1) is 22.2 Å². The third kappa shape index (κ3) is 6.18. The van der Waals surface area contributed by atoms with Crippen LogP contribution >= 0.6 is 15.9 Å². The number of benzene rings is 3. The highest BCUT2D eigenvalue weighted by Gasteiger charge is 2.16. The largest absolute Gasteiger partial charge is 0.495 e. The van der Waals surface area contributed by atoms with Gasteiger partial charge >= 0.3 is 0 Å². The first kappa shape index (κ1) is 23.5. The minimum absolute atomic E-state index is 0.0868. The van der Waals surface area contributed by atoms with E-state index in [-0.39, 0.29) is 22.7 Å². The van der Waals surface area contributed by atoms with Crippen LogP contribution in [0.3, 0.4) is 0 Å². The highest BCUT2D eigenvalue weighted by Crippen LogP contribution is 2.30. The summed E-state index contributed by atoms with van der Waals surface area (Å²) in [5.41, 5.74) is 1.29. The second-order valence-corrected chi connectivity index (χ2v) is 7.58. The number of carbonyl (C=O) groups excluding carboxylic acids is 1. The molecule has 3 aromatic rings. The number of nitrogens with zero attached hydrogens (tertiary/aromatic N) is 2. The number of hydrogen-bond acceptors (Lipinski definition) is 6. The normalized spacial score (nSPS) is 10.8. The number of halogens is 1. The van der Waals surface area contributed by atoms with Gasteiger partial charge < -0.3 is 14.8 Å². The lowest BCUT2D eigenvalue weighted by Gasteiger charge is -2.10. The van der Waals surface area contributed by atoms with E-state index in [1.165, 1.54) is 31.4 Å². The summed E-state index contributed by atoms with van der Waals surface area (Å²) in [7, 11) is 1.37. The third-order valence-electron chi connectivity index (χ3n) is 4.51. The van der Waals surface area contributed by atoms with E-state index in [9.17, 15) is 20.2 Å². The Morgan fingerprint density at radius 2 is 1.88 bits per heavy atom. The molecule has 0 fully saturated rings. The Morgan fingerprint density at radius 1 is 1.15 bits per heavy atom. The molecule has 0 spiro atoms. The summed E-state index contributed by atoms with van der Waals surface area (Å²) in [6.45, 7) is 0.394. The number of ether oxygens (including phenoxy) is 2. The summed E-state index contributed by atoms with van der Waals surface area (Å²) in [6, 6.07) is 20.5. The molecule has 1 amide bonds. The van der Waals surface area contributed by atoms with Gasteiger partial charge in [-0.2, -0.15) is 5.26 Å². The van der Waals surface area contributed by atoms with Gasteiger partial charge in [0.15, 0.2) is 0 Å². The summed E-state index contributed by atoms with van der Waals surface area (Å²) in [4.78, 5) is 23.1. The summed E-state index contributed by atoms with van der Waals surface area (Å²) in [5.74, 6) is 0.117. The molecule has 166 valence electrons. The fourth-order valence-corrected chi connectivity index (χ4v) is 3.38. The van der Waals surface area contributed by atoms with Crippen molar-refractivity contribution >= 4 is 39.3 Å². The number of methoxy groups -OCH3 is 1. The van der Waals surface area contributed by atoms with E-state index in [0.717, 1.165) is 5.56 Å². The van der Waals surface area contributed by atoms with Crippen molar-refractivity contribution < 1.29 is 19.2 Å². The van der Waals surface area contributed by atoms with Crippen LogP contribution in [0.4, 0.5) is 11.4 Å². The van der Waals surface area contributed by atoms with Crippen LogP contribution in [0.2, 0.25) is 0 Å². The van der Waals surface area contributed by atoms with E-state index in [0.29, 0.717) is 22.4 Å². The Kier molecular flexibility index (Phi) is 7.78. The molecule has 0 atom stereocenters. The number of nitrogens with one attached hydrogen (secondary N) is 1. The van der Waals surface area contributed by atoms with E-state index in [4.69, 9.17) is 9.47 Å². The van der Waals surface area contributed by atoms with E-state index >= 15 is 0 Å². The molecule has 3 aromatic carbocycles. The standard InChI is InChI=1S/C24H18BrN3O5/c1-32-23-10-8-19(28(30)31)13-21(23)27-24(29)18(14-26)11-17-7-9-22(20(25)12-17)33-15-16-5-3-2-4-6-16/h2-13H,15H2,1H3,(H,27,29)/b18-11+. The van der Waals surface area contributed by atoms with Crippen LogP contribution in [0.15, 0.2) is 76.8 Å². The Labute approximate surface area is 198 Å². The fourth-order valence-electron chi connectivity index (χ4n) is 2.87. The molecule has 8 nitrogen and oxygen atoms in total. The van der Waals surface area contributed by atoms with Crippen LogP contribution in [0.5, 0.6) is 11.5 Å². The predicted molar refractivity (Wildman–Crippen MR) is 127 cm³/mol. The highest BCUT2D eigenvalue weighted by atomic mass is 79.9. The topological polar surface area (TPSA) is 114 Å². The molecule has 9 heteroatoms. The minimum Gasteiger partial charge on any atom is -0.495 e. The van der Waals surface area contributed by atoms with Crippen LogP contribution in [-0.2, 0) is 11.4 Å². The van der Waals surface area contributed by atoms with Crippen molar-refractivity contribution in [2.75, 3.05) is 12.4 Å². The smallest absolute Gasteiger partial charge is 0.271 e. The zero-order valence-corrected chi connectivity index (χ0v) is 19.0. The maximum atomic E-state index is 12.6. The number of anilines is 1. The van der Waals surface area contributed by atoms with E-state index in [2.05, 4.69) is 21.2 Å². The fraction of sp³-hybridized carbons (Fsp3) is 0.0833. The Hall–Kier alpha value is -4.16. The van der Waals surface area contributed by atoms with Gasteiger partial charge in [-0.1, -0.05) is 36.4 Å². The SMILES string of the molecule is COc1ccc([N+](=O)[O-])cc1NC(=O)/C(C#N)=C/c1ccc(OCc2ccccc2)c(Br)c1. The van der Waals surface area contributed by atoms with Gasteiger partial charge in [0, 0.05) is 12.1 Å². The molecule has 0 bridgehead atoms. The molecule has 0 aromatic heterocycles. The maximum Gasteiger partial charge on any atom is 0.271 e. The zero-order valence-electron chi connectivity index (χ0n) is 17.4. The van der Waals surface area contributed by atoms with Crippen LogP contribution in [0, 0.1) is 21.4 Å². The molecule has 3 rings (SSSR count). The summed E-state index contributed by atoms with van der Waals surface area (Å²) >= 11 is 3.45. The lowest BCUT2D eigenvalue weighted by atomic mass is 10.1. The lowest BCUT2D eigenvalue weighted by molar-refractivity contribution is -0.384. The summed E-state index contributed by atoms with van der Waals surface area (Å²) in [6.07, 6.45) is 1.41. The molecular formula is C24H18BrN3O5. The Bertz CT molecular complexity index is 1250. The molecule has 1 N–H and O–H groups in total. The van der Waals surface area contributed by atoms with E-state index < -0.39 is 10.8 Å². The van der Waals surface area contributed by atoms with Crippen LogP contribution < -0.4 is 14.8 Å². The number of nitro groups is 1. The van der Waals surface area contributed by atoms with Gasteiger partial charge in [-0.25, -0.2) is 0 Å². The van der Waals surface area contributed by atoms with Gasteiger partial charge in [-0.15, -0.1) is 0 Å². The van der Waals surface area contributed by atoms with Crippen LogP contribution in [0.1, 0.15) is 11.1 Å². The Morgan fingerprint density at radius 3 is 2.52 bits per heavy atom. The number of carbonyl (C=O) groups is 1. The van der Waals surface area contributed by atoms with Gasteiger partial charge in [0.25, 0.3) is 11.6 Å². The van der Waals surface area contributed by atoms with E-state index in [1.807, 2.05) is 36.4 Å². The molecule has 0 aliphatic carbocycles. The highest BCUT2D eigenvalue weighted by molar-refractivity contribution is 9.10. The molecule has 0 unspecified atom stereocenters. The molecular weight excluding hydrogens is 490 g/mol. The van der Waals surface area contributed by atoms with Crippen molar-refractivity contribution in [3.05, 3.63) is 98.0 Å². The van der Waals surface area contributed by atoms with E-state index in [1.54, 1.807) is 18.2 Å². The van der Waals surface area contributed by atoms with Crippen molar-refractivity contribution in [1.82, 2.24) is 0 Å². The molecule has 0 saturated carbocycles. The molecule has 0 heterocycles. The number of hydrogen-bond donors (Lipinski definition) is 1. The van der Waals surface area contributed by atoms with Crippen molar-refractivity contribution in [2.24, 2.45) is 0 Å². The van der Waals surface area contributed by atoms with Gasteiger partial charge in [0.2, 0.25) is 0 Å². The molecule has 0 aliphatic rings. The average molecular weight is 508 g/mol. The average Bonchev–Trinajstić information content (AvgIpc) is 2.82. The first-order chi connectivity index (χ1) is 15.9. The van der Waals surface area contributed by atoms with Crippen LogP contribution in [-0.4, -0.2) is 17.9 Å². The Balaban J connectivity index is 1.77. The number of nitriles is 1. The van der Waals surface area contributed by atoms with Gasteiger partial charge in [-0.3, -0.25) is 14.9 Å². The van der Waals surface area contributed by atoms with Crippen molar-refractivity contribution in [3.8, 4) is 17.6 Å². The predicted octanol–water partition coefficient (Wildman–Crippen LogP) is 5.49. The first-order valence-electron chi connectivity index (χ1n) is 9.63. The second-order valence-electron chi connectivity index (χ2n) is 6.73. The summed E-state index contributed by atoms with van der Waals surface area (Å²) in [5, 5.41) is 23.0. The minimum atomic E-state index is -0.725. The molecule has 0 aliphatic heterocycles. The zero-order chi connectivity index (χ0) is 23.8. The maximum absolute atomic E-state index is 12.6. The van der Waals surface area contributed by atoms with Crippen molar-refractivity contribution in [2.45, 2.75) is 6.61 Å². The van der Waals surface area contributed by atoms with Gasteiger partial charge in [-0.05, 0) is 51.3 Å². The molecule has 0 saturated heterocycles. The number of nitro benzene ring substituents is 1. The second kappa shape index (κ2) is 10.9. The van der Waals surface area contributed by atoms with Crippen LogP contribution in [0.25, 0.3) is 6.08 Å². The number of non-ortho nitro benzene ring substituents is 1.